The summed E-state index contributed by atoms with van der Waals surface area (Å²) in [7, 11) is 0. The van der Waals surface area contributed by atoms with Crippen molar-refractivity contribution in [2.24, 2.45) is 0 Å². The zero-order valence-corrected chi connectivity index (χ0v) is 12.7. The molecule has 0 saturated heterocycles. The highest BCUT2D eigenvalue weighted by Gasteiger charge is 2.19. The average molecular weight is 340 g/mol. The number of halogens is 1. The Hall–Kier alpha value is -1.04. The first-order chi connectivity index (χ1) is 9.31. The van der Waals surface area contributed by atoms with E-state index < -0.39 is 0 Å². The molecule has 0 amide bonds. The van der Waals surface area contributed by atoms with Crippen molar-refractivity contribution >= 4 is 27.3 Å². The number of fused-ring (bicyclic) bond motifs is 1. The monoisotopic (exact) mass is 339 g/mol. The molecular weight excluding hydrogens is 326 g/mol. The summed E-state index contributed by atoms with van der Waals surface area (Å²) in [4.78, 5) is 1.31. The second-order valence-electron chi connectivity index (χ2n) is 4.33. The van der Waals surface area contributed by atoms with Gasteiger partial charge in [-0.1, -0.05) is 12.1 Å². The second-order valence-corrected chi connectivity index (χ2v) is 6.88. The number of thiophene rings is 1. The van der Waals surface area contributed by atoms with Gasteiger partial charge in [0.1, 0.15) is 12.7 Å². The largest absolute Gasteiger partial charge is 0.486 e. The normalized spacial score (nSPS) is 17.4. The number of nitrogens with one attached hydrogen (secondary N) is 1. The molecule has 1 aliphatic heterocycles. The fourth-order valence-electron chi connectivity index (χ4n) is 1.97. The van der Waals surface area contributed by atoms with Gasteiger partial charge in [0.25, 0.3) is 0 Å². The Balaban J connectivity index is 1.50. The number of ether oxygens (including phenoxy) is 2. The van der Waals surface area contributed by atoms with Crippen LogP contribution in [0.3, 0.4) is 0 Å². The quantitative estimate of drug-likeness (QED) is 0.925. The van der Waals surface area contributed by atoms with E-state index in [9.17, 15) is 0 Å². The van der Waals surface area contributed by atoms with Crippen LogP contribution in [0.2, 0.25) is 0 Å². The molecule has 1 aromatic heterocycles. The van der Waals surface area contributed by atoms with Crippen molar-refractivity contribution in [1.82, 2.24) is 5.32 Å². The molecule has 1 aliphatic rings. The Kier molecular flexibility index (Phi) is 4.06. The van der Waals surface area contributed by atoms with Gasteiger partial charge in [-0.3, -0.25) is 0 Å². The Morgan fingerprint density at radius 2 is 2.05 bits per heavy atom. The van der Waals surface area contributed by atoms with Crippen LogP contribution >= 0.6 is 27.3 Å². The summed E-state index contributed by atoms with van der Waals surface area (Å²) in [6.07, 6.45) is 0.0679. The van der Waals surface area contributed by atoms with Gasteiger partial charge in [-0.2, -0.15) is 0 Å². The van der Waals surface area contributed by atoms with Crippen molar-refractivity contribution in [3.63, 3.8) is 0 Å². The van der Waals surface area contributed by atoms with E-state index in [2.05, 4.69) is 33.4 Å². The van der Waals surface area contributed by atoms with Crippen LogP contribution in [0.1, 0.15) is 4.88 Å². The number of hydrogen-bond acceptors (Lipinski definition) is 4. The zero-order valence-electron chi connectivity index (χ0n) is 10.3. The van der Waals surface area contributed by atoms with Crippen LogP contribution in [0.5, 0.6) is 11.5 Å². The van der Waals surface area contributed by atoms with Crippen LogP contribution in [0, 0.1) is 0 Å². The van der Waals surface area contributed by atoms with Crippen molar-refractivity contribution in [2.45, 2.75) is 12.6 Å². The maximum Gasteiger partial charge on any atom is 0.161 e. The van der Waals surface area contributed by atoms with Crippen molar-refractivity contribution in [1.29, 1.82) is 0 Å². The van der Waals surface area contributed by atoms with E-state index in [1.807, 2.05) is 24.3 Å². The number of hydrogen-bond donors (Lipinski definition) is 1. The molecule has 1 aromatic carbocycles. The van der Waals surface area contributed by atoms with Crippen LogP contribution in [0.4, 0.5) is 0 Å². The fourth-order valence-corrected chi connectivity index (χ4v) is 3.42. The molecule has 100 valence electrons. The summed E-state index contributed by atoms with van der Waals surface area (Å²) < 4.78 is 12.7. The van der Waals surface area contributed by atoms with E-state index in [1.165, 1.54) is 4.88 Å². The molecule has 1 atom stereocenters. The summed E-state index contributed by atoms with van der Waals surface area (Å²) in [5, 5.41) is 3.40. The van der Waals surface area contributed by atoms with E-state index >= 15 is 0 Å². The number of para-hydroxylation sites is 2. The lowest BCUT2D eigenvalue weighted by atomic mass is 10.2. The summed E-state index contributed by atoms with van der Waals surface area (Å²) in [5.74, 6) is 1.67. The minimum absolute atomic E-state index is 0.0679. The van der Waals surface area contributed by atoms with Gasteiger partial charge in [0.2, 0.25) is 0 Å². The topological polar surface area (TPSA) is 30.5 Å². The third-order valence-corrected chi connectivity index (χ3v) is 4.49. The molecule has 0 aliphatic carbocycles. The first-order valence-electron chi connectivity index (χ1n) is 6.15. The van der Waals surface area contributed by atoms with Gasteiger partial charge in [-0.15, -0.1) is 11.3 Å². The average Bonchev–Trinajstić information content (AvgIpc) is 2.84. The van der Waals surface area contributed by atoms with E-state index in [-0.39, 0.29) is 6.10 Å². The highest BCUT2D eigenvalue weighted by molar-refractivity contribution is 9.11. The lowest BCUT2D eigenvalue weighted by molar-refractivity contribution is 0.0903. The highest BCUT2D eigenvalue weighted by atomic mass is 79.9. The van der Waals surface area contributed by atoms with E-state index in [4.69, 9.17) is 9.47 Å². The maximum atomic E-state index is 5.88. The standard InChI is InChI=1S/C14H14BrNO2S/c15-14-6-5-11(19-14)8-16-7-10-9-17-12-3-1-2-4-13(12)18-10/h1-6,10,16H,7-9H2. The molecule has 19 heavy (non-hydrogen) atoms. The van der Waals surface area contributed by atoms with Crippen molar-refractivity contribution in [3.05, 3.63) is 45.1 Å². The fraction of sp³-hybridized carbons (Fsp3) is 0.286. The lowest BCUT2D eigenvalue weighted by Gasteiger charge is -2.26. The van der Waals surface area contributed by atoms with Gasteiger partial charge >= 0.3 is 0 Å². The highest BCUT2D eigenvalue weighted by Crippen LogP contribution is 2.30. The Bertz CT molecular complexity index is 558. The molecule has 3 nitrogen and oxygen atoms in total. The minimum atomic E-state index is 0.0679. The zero-order chi connectivity index (χ0) is 13.1. The van der Waals surface area contributed by atoms with Gasteiger partial charge < -0.3 is 14.8 Å². The van der Waals surface area contributed by atoms with Crippen molar-refractivity contribution < 1.29 is 9.47 Å². The first-order valence-corrected chi connectivity index (χ1v) is 7.75. The molecule has 1 unspecified atom stereocenters. The number of benzene rings is 1. The third kappa shape index (κ3) is 3.29. The van der Waals surface area contributed by atoms with Crippen LogP contribution in [0.15, 0.2) is 40.2 Å². The summed E-state index contributed by atoms with van der Waals surface area (Å²) >= 11 is 5.21. The third-order valence-electron chi connectivity index (χ3n) is 2.87. The molecule has 5 heteroatoms. The van der Waals surface area contributed by atoms with Gasteiger partial charge in [0.05, 0.1) is 3.79 Å². The molecule has 3 rings (SSSR count). The predicted octanol–water partition coefficient (Wildman–Crippen LogP) is 3.44. The lowest BCUT2D eigenvalue weighted by Crippen LogP contribution is -2.38. The molecule has 2 aromatic rings. The van der Waals surface area contributed by atoms with E-state index in [1.54, 1.807) is 11.3 Å². The van der Waals surface area contributed by atoms with Crippen LogP contribution in [-0.4, -0.2) is 19.3 Å². The second kappa shape index (κ2) is 5.94. The summed E-state index contributed by atoms with van der Waals surface area (Å²) in [5.41, 5.74) is 0. The molecule has 0 saturated carbocycles. The summed E-state index contributed by atoms with van der Waals surface area (Å²) in [6.45, 7) is 2.24. The first kappa shape index (κ1) is 13.0. The molecule has 0 spiro atoms. The van der Waals surface area contributed by atoms with Gasteiger partial charge in [0.15, 0.2) is 11.5 Å². The van der Waals surface area contributed by atoms with E-state index in [0.29, 0.717) is 6.61 Å². The van der Waals surface area contributed by atoms with Crippen LogP contribution < -0.4 is 14.8 Å². The maximum absolute atomic E-state index is 5.88. The summed E-state index contributed by atoms with van der Waals surface area (Å²) in [6, 6.07) is 12.0. The van der Waals surface area contributed by atoms with Crippen molar-refractivity contribution in [3.8, 4) is 11.5 Å². The molecular formula is C14H14BrNO2S. The van der Waals surface area contributed by atoms with Crippen molar-refractivity contribution in [2.75, 3.05) is 13.2 Å². The minimum Gasteiger partial charge on any atom is -0.486 e. The Labute approximate surface area is 124 Å². The van der Waals surface area contributed by atoms with Gasteiger partial charge in [-0.05, 0) is 40.2 Å². The predicted molar refractivity (Wildman–Crippen MR) is 80.1 cm³/mol. The molecule has 1 N–H and O–H groups in total. The van der Waals surface area contributed by atoms with Gasteiger partial charge in [-0.25, -0.2) is 0 Å². The molecule has 0 radical (unpaired) electrons. The van der Waals surface area contributed by atoms with Crippen LogP contribution in [-0.2, 0) is 6.54 Å². The Morgan fingerprint density at radius 1 is 1.21 bits per heavy atom. The Morgan fingerprint density at radius 3 is 2.84 bits per heavy atom. The SMILES string of the molecule is Brc1ccc(CNCC2COc3ccccc3O2)s1. The van der Waals surface area contributed by atoms with Crippen LogP contribution in [0.25, 0.3) is 0 Å². The smallest absolute Gasteiger partial charge is 0.161 e. The number of rotatable bonds is 4. The van der Waals surface area contributed by atoms with E-state index in [0.717, 1.165) is 28.4 Å². The molecule has 2 heterocycles. The molecule has 0 bridgehead atoms. The molecule has 0 fully saturated rings. The van der Waals surface area contributed by atoms with Gasteiger partial charge in [0, 0.05) is 18.0 Å².